The summed E-state index contributed by atoms with van der Waals surface area (Å²) in [5.74, 6) is 0.959. The van der Waals surface area contributed by atoms with Crippen LogP contribution in [0.5, 0.6) is 0 Å². The van der Waals surface area contributed by atoms with E-state index in [1.807, 2.05) is 20.8 Å². The molecule has 20 heavy (non-hydrogen) atoms. The number of ether oxygens (including phenoxy) is 1. The molecule has 7 heteroatoms. The van der Waals surface area contributed by atoms with Gasteiger partial charge in [0.25, 0.3) is 0 Å². The molecule has 1 saturated heterocycles. The summed E-state index contributed by atoms with van der Waals surface area (Å²) in [6, 6.07) is -0.308. The minimum absolute atomic E-state index is 0.0286. The standard InChI is InChI=1S/C13H22N4O3/c1-4-13(3,19-5-2)12-16-10(20-17-12)8-9-11(18)15-7-6-14-9/h9,14H,4-8H2,1-3H3,(H,15,18). The molecule has 1 fully saturated rings. The van der Waals surface area contributed by atoms with E-state index in [0.717, 1.165) is 13.0 Å². The Morgan fingerprint density at radius 3 is 2.90 bits per heavy atom. The molecule has 0 spiro atoms. The van der Waals surface area contributed by atoms with Crippen molar-refractivity contribution in [3.05, 3.63) is 11.7 Å². The van der Waals surface area contributed by atoms with Gasteiger partial charge in [-0.2, -0.15) is 4.98 Å². The molecule has 1 aliphatic rings. The first-order valence-electron chi connectivity index (χ1n) is 7.07. The molecule has 0 aromatic carbocycles. The minimum atomic E-state index is -0.543. The fourth-order valence-corrected chi connectivity index (χ4v) is 2.18. The topological polar surface area (TPSA) is 89.3 Å². The van der Waals surface area contributed by atoms with Crippen molar-refractivity contribution in [2.45, 2.75) is 45.3 Å². The maximum Gasteiger partial charge on any atom is 0.237 e. The summed E-state index contributed by atoms with van der Waals surface area (Å²) < 4.78 is 11.0. The number of hydrogen-bond donors (Lipinski definition) is 2. The highest BCUT2D eigenvalue weighted by Crippen LogP contribution is 2.26. The van der Waals surface area contributed by atoms with Gasteiger partial charge in [-0.25, -0.2) is 0 Å². The minimum Gasteiger partial charge on any atom is -0.367 e. The van der Waals surface area contributed by atoms with Crippen LogP contribution in [0.4, 0.5) is 0 Å². The summed E-state index contributed by atoms with van der Waals surface area (Å²) in [4.78, 5) is 16.1. The summed E-state index contributed by atoms with van der Waals surface area (Å²) in [7, 11) is 0. The van der Waals surface area contributed by atoms with Crippen molar-refractivity contribution >= 4 is 5.91 Å². The van der Waals surface area contributed by atoms with E-state index in [9.17, 15) is 4.79 Å². The maximum absolute atomic E-state index is 11.7. The lowest BCUT2D eigenvalue weighted by Crippen LogP contribution is -2.53. The van der Waals surface area contributed by atoms with Crippen molar-refractivity contribution in [2.24, 2.45) is 0 Å². The van der Waals surface area contributed by atoms with E-state index >= 15 is 0 Å². The molecule has 7 nitrogen and oxygen atoms in total. The third-order valence-corrected chi connectivity index (χ3v) is 3.59. The monoisotopic (exact) mass is 282 g/mol. The van der Waals surface area contributed by atoms with Crippen LogP contribution < -0.4 is 10.6 Å². The number of hydrogen-bond acceptors (Lipinski definition) is 6. The summed E-state index contributed by atoms with van der Waals surface area (Å²) in [6.07, 6.45) is 1.15. The molecular weight excluding hydrogens is 260 g/mol. The highest BCUT2D eigenvalue weighted by atomic mass is 16.5. The number of amides is 1. The molecule has 0 aliphatic carbocycles. The van der Waals surface area contributed by atoms with Gasteiger partial charge in [0.05, 0.1) is 12.5 Å². The van der Waals surface area contributed by atoms with Gasteiger partial charge < -0.3 is 19.9 Å². The van der Waals surface area contributed by atoms with E-state index in [2.05, 4.69) is 20.8 Å². The summed E-state index contributed by atoms with van der Waals surface area (Å²) >= 11 is 0. The Hall–Kier alpha value is -1.47. The molecule has 1 aliphatic heterocycles. The van der Waals surface area contributed by atoms with E-state index in [-0.39, 0.29) is 11.9 Å². The zero-order chi connectivity index (χ0) is 14.6. The average molecular weight is 282 g/mol. The van der Waals surface area contributed by atoms with Crippen molar-refractivity contribution in [1.82, 2.24) is 20.8 Å². The molecule has 1 aromatic heterocycles. The second kappa shape index (κ2) is 6.32. The first-order chi connectivity index (χ1) is 9.59. The van der Waals surface area contributed by atoms with Gasteiger partial charge in [-0.1, -0.05) is 12.1 Å². The molecule has 2 unspecified atom stereocenters. The normalized spacial score (nSPS) is 22.4. The molecular formula is C13H22N4O3. The number of nitrogens with one attached hydrogen (secondary N) is 2. The third kappa shape index (κ3) is 3.16. The fourth-order valence-electron chi connectivity index (χ4n) is 2.18. The summed E-state index contributed by atoms with van der Waals surface area (Å²) in [5.41, 5.74) is -0.543. The molecule has 0 saturated carbocycles. The van der Waals surface area contributed by atoms with Crippen LogP contribution in [0.1, 0.15) is 38.9 Å². The van der Waals surface area contributed by atoms with Gasteiger partial charge in [-0.05, 0) is 20.3 Å². The lowest BCUT2D eigenvalue weighted by atomic mass is 10.0. The quantitative estimate of drug-likeness (QED) is 0.783. The number of carbonyl (C=O) groups excluding carboxylic acids is 1. The van der Waals surface area contributed by atoms with E-state index in [1.165, 1.54) is 0 Å². The van der Waals surface area contributed by atoms with Gasteiger partial charge in [0, 0.05) is 19.7 Å². The van der Waals surface area contributed by atoms with Crippen molar-refractivity contribution in [2.75, 3.05) is 19.7 Å². The van der Waals surface area contributed by atoms with Crippen LogP contribution in [0.15, 0.2) is 4.52 Å². The van der Waals surface area contributed by atoms with Crippen LogP contribution in [0, 0.1) is 0 Å². The van der Waals surface area contributed by atoms with Crippen LogP contribution in [0.25, 0.3) is 0 Å². The first-order valence-corrected chi connectivity index (χ1v) is 7.07. The predicted molar refractivity (Wildman–Crippen MR) is 72.1 cm³/mol. The zero-order valence-corrected chi connectivity index (χ0v) is 12.2. The van der Waals surface area contributed by atoms with Crippen molar-refractivity contribution in [3.8, 4) is 0 Å². The van der Waals surface area contributed by atoms with Crippen LogP contribution in [0.3, 0.4) is 0 Å². The van der Waals surface area contributed by atoms with E-state index < -0.39 is 5.60 Å². The Bertz CT molecular complexity index is 462. The molecule has 2 atom stereocenters. The fraction of sp³-hybridized carbons (Fsp3) is 0.769. The number of piperazine rings is 1. The highest BCUT2D eigenvalue weighted by molar-refractivity contribution is 5.82. The Balaban J connectivity index is 2.06. The molecule has 2 N–H and O–H groups in total. The Morgan fingerprint density at radius 2 is 2.25 bits per heavy atom. The van der Waals surface area contributed by atoms with Crippen LogP contribution in [0.2, 0.25) is 0 Å². The zero-order valence-electron chi connectivity index (χ0n) is 12.2. The largest absolute Gasteiger partial charge is 0.367 e. The number of carbonyl (C=O) groups is 1. The van der Waals surface area contributed by atoms with Gasteiger partial charge in [0.2, 0.25) is 17.6 Å². The van der Waals surface area contributed by atoms with E-state index in [0.29, 0.717) is 31.3 Å². The third-order valence-electron chi connectivity index (χ3n) is 3.59. The SMILES string of the molecule is CCOC(C)(CC)c1noc(CC2NCCNC2=O)n1. The van der Waals surface area contributed by atoms with Gasteiger partial charge in [-0.3, -0.25) is 4.79 Å². The van der Waals surface area contributed by atoms with Gasteiger partial charge in [-0.15, -0.1) is 0 Å². The Labute approximate surface area is 118 Å². The molecule has 112 valence electrons. The maximum atomic E-state index is 11.7. The van der Waals surface area contributed by atoms with E-state index in [4.69, 9.17) is 9.26 Å². The lowest BCUT2D eigenvalue weighted by molar-refractivity contribution is -0.124. The first kappa shape index (κ1) is 14.9. The Kier molecular flexibility index (Phi) is 4.72. The molecule has 0 bridgehead atoms. The second-order valence-electron chi connectivity index (χ2n) is 5.03. The lowest BCUT2D eigenvalue weighted by Gasteiger charge is -2.24. The molecule has 2 heterocycles. The van der Waals surface area contributed by atoms with Gasteiger partial charge >= 0.3 is 0 Å². The summed E-state index contributed by atoms with van der Waals surface area (Å²) in [6.45, 7) is 7.89. The van der Waals surface area contributed by atoms with Crippen molar-refractivity contribution in [3.63, 3.8) is 0 Å². The molecule has 0 radical (unpaired) electrons. The number of nitrogens with zero attached hydrogens (tertiary/aromatic N) is 2. The Morgan fingerprint density at radius 1 is 1.45 bits per heavy atom. The van der Waals surface area contributed by atoms with Crippen LogP contribution in [-0.4, -0.2) is 41.8 Å². The van der Waals surface area contributed by atoms with Gasteiger partial charge in [0.1, 0.15) is 5.60 Å². The molecule has 1 amide bonds. The van der Waals surface area contributed by atoms with Gasteiger partial charge in [0.15, 0.2) is 0 Å². The van der Waals surface area contributed by atoms with Crippen molar-refractivity contribution < 1.29 is 14.1 Å². The predicted octanol–water partition coefficient (Wildman–Crippen LogP) is 0.362. The van der Waals surface area contributed by atoms with Crippen LogP contribution in [-0.2, 0) is 21.6 Å². The number of rotatable bonds is 6. The highest BCUT2D eigenvalue weighted by Gasteiger charge is 2.32. The summed E-state index contributed by atoms with van der Waals surface area (Å²) in [5, 5.41) is 9.94. The average Bonchev–Trinajstić information content (AvgIpc) is 2.91. The smallest absolute Gasteiger partial charge is 0.237 e. The molecule has 1 aromatic rings. The van der Waals surface area contributed by atoms with Crippen molar-refractivity contribution in [1.29, 1.82) is 0 Å². The number of aromatic nitrogens is 2. The second-order valence-corrected chi connectivity index (χ2v) is 5.03. The van der Waals surface area contributed by atoms with E-state index in [1.54, 1.807) is 0 Å². The van der Waals surface area contributed by atoms with Crippen LogP contribution >= 0.6 is 0 Å². The molecule has 2 rings (SSSR count).